The Bertz CT molecular complexity index is 1830. The Balaban J connectivity index is 1.07. The lowest BCUT2D eigenvalue weighted by Gasteiger charge is -2.24. The van der Waals surface area contributed by atoms with Gasteiger partial charge in [0.05, 0.1) is 4.92 Å². The summed E-state index contributed by atoms with van der Waals surface area (Å²) in [5.41, 5.74) is 5.25. The van der Waals surface area contributed by atoms with Gasteiger partial charge in [0.15, 0.2) is 0 Å². The van der Waals surface area contributed by atoms with Gasteiger partial charge in [-0.05, 0) is 64.9 Å². The van der Waals surface area contributed by atoms with Crippen molar-refractivity contribution >= 4 is 35.4 Å². The van der Waals surface area contributed by atoms with Gasteiger partial charge in [0.2, 0.25) is 11.8 Å². The van der Waals surface area contributed by atoms with Gasteiger partial charge in [0, 0.05) is 23.7 Å². The van der Waals surface area contributed by atoms with E-state index in [0.29, 0.717) is 11.3 Å². The summed E-state index contributed by atoms with van der Waals surface area (Å²) < 4.78 is 15.7. The predicted molar refractivity (Wildman–Crippen MR) is 183 cm³/mol. The third-order valence-electron chi connectivity index (χ3n) is 8.15. The predicted octanol–water partition coefficient (Wildman–Crippen LogP) is 6.32. The smallest absolute Gasteiger partial charge is 0.449 e. The summed E-state index contributed by atoms with van der Waals surface area (Å²) in [6.45, 7) is 5.05. The van der Waals surface area contributed by atoms with Crippen LogP contribution >= 0.6 is 0 Å². The van der Waals surface area contributed by atoms with E-state index in [1.165, 1.54) is 31.2 Å². The summed E-state index contributed by atoms with van der Waals surface area (Å²) in [6, 6.07) is 25.5. The minimum Gasteiger partial charge on any atom is -0.449 e. The molecule has 0 bridgehead atoms. The molecule has 13 nitrogen and oxygen atoms in total. The number of nitrogens with one attached hydrogen (secondary N) is 3. The summed E-state index contributed by atoms with van der Waals surface area (Å²) in [5, 5.41) is 18.8. The van der Waals surface area contributed by atoms with Crippen LogP contribution in [0.15, 0.2) is 97.1 Å². The minimum atomic E-state index is -0.992. The fourth-order valence-corrected chi connectivity index (χ4v) is 5.51. The normalized spacial score (nSPS) is 12.9. The van der Waals surface area contributed by atoms with Crippen LogP contribution in [0.25, 0.3) is 11.1 Å². The lowest BCUT2D eigenvalue weighted by molar-refractivity contribution is -0.384. The molecule has 4 aromatic rings. The molecular formula is C37H36N4O9. The van der Waals surface area contributed by atoms with E-state index in [1.54, 1.807) is 38.1 Å². The summed E-state index contributed by atoms with van der Waals surface area (Å²) in [7, 11) is 0. The van der Waals surface area contributed by atoms with Crippen LogP contribution in [0.4, 0.5) is 21.0 Å². The van der Waals surface area contributed by atoms with Crippen molar-refractivity contribution in [3.05, 3.63) is 124 Å². The molecule has 13 heteroatoms. The van der Waals surface area contributed by atoms with Crippen molar-refractivity contribution in [3.63, 3.8) is 0 Å². The summed E-state index contributed by atoms with van der Waals surface area (Å²) in [5.74, 6) is -1.36. The quantitative estimate of drug-likeness (QED) is 0.0669. The molecule has 1 aliphatic rings. The lowest BCUT2D eigenvalue weighted by Crippen LogP contribution is -2.53. The molecule has 0 fully saturated rings. The van der Waals surface area contributed by atoms with Crippen LogP contribution in [0.5, 0.6) is 5.75 Å². The standard InChI is InChI=1S/C37H36N4O9/c1-22(2)33(40-36(44)48-21-32-30-10-6-4-8-28(30)29-9-5-7-11-31(29)32)35(43)38-23(3)34(42)39-25-14-12-24(13-15-25)20-49-37(45)50-27-18-16-26(17-19-27)41(46)47/h4-19,22-23,32-33H,20-21H2,1-3H3,(H,38,43)(H,39,42)(H,40,44)/t23-,33+/m0/s1. The molecule has 0 saturated carbocycles. The van der Waals surface area contributed by atoms with Crippen LogP contribution in [-0.2, 0) is 25.7 Å². The molecular weight excluding hydrogens is 644 g/mol. The molecule has 1 aliphatic carbocycles. The number of nitro groups is 1. The van der Waals surface area contributed by atoms with Gasteiger partial charge in [-0.25, -0.2) is 9.59 Å². The highest BCUT2D eigenvalue weighted by atomic mass is 16.7. The number of nitro benzene ring substituents is 1. The number of carbonyl (C=O) groups is 4. The maximum absolute atomic E-state index is 13.2. The van der Waals surface area contributed by atoms with E-state index in [4.69, 9.17) is 14.2 Å². The van der Waals surface area contributed by atoms with Gasteiger partial charge in [-0.3, -0.25) is 19.7 Å². The van der Waals surface area contributed by atoms with Crippen molar-refractivity contribution in [1.82, 2.24) is 10.6 Å². The summed E-state index contributed by atoms with van der Waals surface area (Å²) >= 11 is 0. The fourth-order valence-electron chi connectivity index (χ4n) is 5.51. The number of carbonyl (C=O) groups excluding carboxylic acids is 4. The Morgan fingerprint density at radius 3 is 1.94 bits per heavy atom. The van der Waals surface area contributed by atoms with Gasteiger partial charge in [-0.15, -0.1) is 0 Å². The van der Waals surface area contributed by atoms with E-state index in [0.717, 1.165) is 22.3 Å². The van der Waals surface area contributed by atoms with Crippen molar-refractivity contribution < 1.29 is 38.3 Å². The lowest BCUT2D eigenvalue weighted by atomic mass is 9.98. The molecule has 3 amide bonds. The topological polar surface area (TPSA) is 175 Å². The Morgan fingerprint density at radius 1 is 0.760 bits per heavy atom. The number of hydrogen-bond acceptors (Lipinski definition) is 9. The second-order valence-corrected chi connectivity index (χ2v) is 12.0. The van der Waals surface area contributed by atoms with Gasteiger partial charge in [0.1, 0.15) is 31.0 Å². The first kappa shape index (κ1) is 35.1. The molecule has 0 aromatic heterocycles. The molecule has 0 unspecified atom stereocenters. The number of hydrogen-bond donors (Lipinski definition) is 3. The Kier molecular flexibility index (Phi) is 11.1. The molecule has 0 saturated heterocycles. The number of alkyl carbamates (subject to hydrolysis) is 1. The zero-order chi connectivity index (χ0) is 35.8. The molecule has 2 atom stereocenters. The van der Waals surface area contributed by atoms with Crippen LogP contribution in [0.3, 0.4) is 0 Å². The first-order chi connectivity index (χ1) is 24.0. The molecule has 0 heterocycles. The average Bonchev–Trinajstić information content (AvgIpc) is 3.42. The van der Waals surface area contributed by atoms with E-state index >= 15 is 0 Å². The van der Waals surface area contributed by atoms with E-state index < -0.39 is 41.1 Å². The van der Waals surface area contributed by atoms with Crippen molar-refractivity contribution in [2.24, 2.45) is 5.92 Å². The Labute approximate surface area is 288 Å². The molecule has 3 N–H and O–H groups in total. The number of anilines is 1. The molecule has 0 aliphatic heterocycles. The third-order valence-corrected chi connectivity index (χ3v) is 8.15. The first-order valence-corrected chi connectivity index (χ1v) is 15.9. The summed E-state index contributed by atoms with van der Waals surface area (Å²) in [4.78, 5) is 61.1. The number of benzene rings is 4. The Hall–Kier alpha value is -6.24. The van der Waals surface area contributed by atoms with Crippen LogP contribution in [0, 0.1) is 16.0 Å². The molecule has 0 radical (unpaired) electrons. The van der Waals surface area contributed by atoms with Crippen molar-refractivity contribution in [2.75, 3.05) is 11.9 Å². The molecule has 5 rings (SSSR count). The maximum atomic E-state index is 13.2. The number of ether oxygens (including phenoxy) is 3. The number of nitrogens with zero attached hydrogens (tertiary/aromatic N) is 1. The van der Waals surface area contributed by atoms with E-state index in [9.17, 15) is 29.3 Å². The number of amides is 3. The minimum absolute atomic E-state index is 0.0904. The van der Waals surface area contributed by atoms with Gasteiger partial charge in [0.25, 0.3) is 5.69 Å². The zero-order valence-corrected chi connectivity index (χ0v) is 27.6. The molecule has 258 valence electrons. The maximum Gasteiger partial charge on any atom is 0.514 e. The largest absolute Gasteiger partial charge is 0.514 e. The van der Waals surface area contributed by atoms with Gasteiger partial charge in [-0.2, -0.15) is 0 Å². The average molecular weight is 681 g/mol. The highest BCUT2D eigenvalue weighted by Gasteiger charge is 2.31. The first-order valence-electron chi connectivity index (χ1n) is 15.9. The van der Waals surface area contributed by atoms with Gasteiger partial charge >= 0.3 is 12.2 Å². The van der Waals surface area contributed by atoms with Crippen molar-refractivity contribution in [2.45, 2.75) is 45.4 Å². The second kappa shape index (κ2) is 15.8. The Morgan fingerprint density at radius 2 is 1.36 bits per heavy atom. The zero-order valence-electron chi connectivity index (χ0n) is 27.6. The molecule has 0 spiro atoms. The van der Waals surface area contributed by atoms with E-state index in [2.05, 4.69) is 16.0 Å². The van der Waals surface area contributed by atoms with Crippen molar-refractivity contribution in [1.29, 1.82) is 0 Å². The van der Waals surface area contributed by atoms with Gasteiger partial charge in [-0.1, -0.05) is 74.5 Å². The summed E-state index contributed by atoms with van der Waals surface area (Å²) in [6.07, 6.45) is -1.73. The van der Waals surface area contributed by atoms with E-state index in [-0.39, 0.29) is 36.5 Å². The molecule has 50 heavy (non-hydrogen) atoms. The highest BCUT2D eigenvalue weighted by Crippen LogP contribution is 2.44. The van der Waals surface area contributed by atoms with Crippen LogP contribution in [-0.4, -0.2) is 47.7 Å². The monoisotopic (exact) mass is 680 g/mol. The third kappa shape index (κ3) is 8.61. The molecule has 4 aromatic carbocycles. The SMILES string of the molecule is CC(C)[C@@H](NC(=O)OCC1c2ccccc2-c2ccccc21)C(=O)N[C@@H](C)C(=O)Nc1ccc(COC(=O)Oc2ccc([N+](=O)[O-])cc2)cc1. The fraction of sp³-hybridized carbons (Fsp3) is 0.243. The van der Waals surface area contributed by atoms with Gasteiger partial charge < -0.3 is 30.2 Å². The highest BCUT2D eigenvalue weighted by molar-refractivity contribution is 5.98. The van der Waals surface area contributed by atoms with E-state index in [1.807, 2.05) is 48.5 Å². The van der Waals surface area contributed by atoms with Crippen LogP contribution < -0.4 is 20.7 Å². The van der Waals surface area contributed by atoms with Crippen molar-refractivity contribution in [3.8, 4) is 16.9 Å². The number of rotatable bonds is 12. The second-order valence-electron chi connectivity index (χ2n) is 12.0. The van der Waals surface area contributed by atoms with Crippen LogP contribution in [0.1, 0.15) is 43.4 Å². The number of non-ortho nitro benzene ring substituents is 1. The van der Waals surface area contributed by atoms with Crippen LogP contribution in [0.2, 0.25) is 0 Å². The number of fused-ring (bicyclic) bond motifs is 3.